The Morgan fingerprint density at radius 1 is 1.39 bits per heavy atom. The number of carbonyl (C=O) groups is 1. The van der Waals surface area contributed by atoms with Crippen LogP contribution in [0.1, 0.15) is 5.56 Å². The molecular weight excluding hydrogens is 350 g/mol. The van der Waals surface area contributed by atoms with Gasteiger partial charge in [-0.2, -0.15) is 0 Å². The molecule has 1 N–H and O–H groups in total. The van der Waals surface area contributed by atoms with Gasteiger partial charge in [0.15, 0.2) is 0 Å². The normalized spacial score (nSPS) is 10.6. The van der Waals surface area contributed by atoms with Gasteiger partial charge < -0.3 is 9.84 Å². The van der Waals surface area contributed by atoms with Crippen molar-refractivity contribution >= 4 is 39.3 Å². The fourth-order valence-electron chi connectivity index (χ4n) is 1.76. The van der Waals surface area contributed by atoms with Gasteiger partial charge in [0.2, 0.25) is 0 Å². The van der Waals surface area contributed by atoms with Gasteiger partial charge in [0, 0.05) is 19.9 Å². The molecule has 0 saturated heterocycles. The van der Waals surface area contributed by atoms with E-state index in [4.69, 9.17) is 0 Å². The summed E-state index contributed by atoms with van der Waals surface area (Å²) in [6.45, 7) is 0. The minimum Gasteiger partial charge on any atom is -0.507 e. The summed E-state index contributed by atoms with van der Waals surface area (Å²) in [4.78, 5) is 11.2. The van der Waals surface area contributed by atoms with E-state index in [1.807, 2.05) is 0 Å². The van der Waals surface area contributed by atoms with E-state index in [2.05, 4.69) is 27.3 Å². The maximum atomic E-state index is 14.2. The number of fused-ring (bicyclic) bond motifs is 1. The van der Waals surface area contributed by atoms with Crippen molar-refractivity contribution in [1.82, 2.24) is 0 Å². The molecule has 0 aromatic heterocycles. The lowest BCUT2D eigenvalue weighted by Gasteiger charge is -2.08. The molecule has 0 aliphatic heterocycles. The summed E-state index contributed by atoms with van der Waals surface area (Å²) in [6.07, 6.45) is -0.197. The van der Waals surface area contributed by atoms with Crippen molar-refractivity contribution in [1.29, 1.82) is 0 Å². The van der Waals surface area contributed by atoms with E-state index in [-0.39, 0.29) is 17.7 Å². The molecule has 2 aromatic rings. The Hall–Kier alpha value is -1.37. The van der Waals surface area contributed by atoms with Crippen molar-refractivity contribution in [2.45, 2.75) is 6.42 Å². The van der Waals surface area contributed by atoms with E-state index >= 15 is 0 Å². The number of halogens is 2. The van der Waals surface area contributed by atoms with E-state index in [9.17, 15) is 14.3 Å². The molecule has 0 atom stereocenters. The first-order valence-corrected chi connectivity index (χ1v) is 6.27. The number of ether oxygens (including phenoxy) is 1. The van der Waals surface area contributed by atoms with Crippen molar-refractivity contribution < 1.29 is 19.0 Å². The smallest absolute Gasteiger partial charge is 0.310 e. The summed E-state index contributed by atoms with van der Waals surface area (Å²) in [5, 5.41) is 10.6. The quantitative estimate of drug-likeness (QED) is 0.662. The van der Waals surface area contributed by atoms with Crippen LogP contribution < -0.4 is 0 Å². The summed E-state index contributed by atoms with van der Waals surface area (Å²) in [7, 11) is 1.24. The van der Waals surface area contributed by atoms with Crippen LogP contribution in [0.15, 0.2) is 24.3 Å². The fourth-order valence-corrected chi connectivity index (χ4v) is 2.25. The van der Waals surface area contributed by atoms with E-state index < -0.39 is 11.8 Å². The Morgan fingerprint density at radius 2 is 2.11 bits per heavy atom. The Balaban J connectivity index is 2.61. The molecule has 94 valence electrons. The highest BCUT2D eigenvalue weighted by Gasteiger charge is 2.14. The summed E-state index contributed by atoms with van der Waals surface area (Å²) >= 11 is 2.08. The van der Waals surface area contributed by atoms with Crippen molar-refractivity contribution in [2.24, 2.45) is 0 Å². The predicted molar refractivity (Wildman–Crippen MR) is 74.0 cm³/mol. The Kier molecular flexibility index (Phi) is 3.70. The van der Waals surface area contributed by atoms with Crippen LogP contribution in [0, 0.1) is 9.39 Å². The highest BCUT2D eigenvalue weighted by molar-refractivity contribution is 14.1. The maximum Gasteiger partial charge on any atom is 0.310 e. The number of methoxy groups -OCH3 is 1. The van der Waals surface area contributed by atoms with E-state index in [1.54, 1.807) is 18.2 Å². The Morgan fingerprint density at radius 3 is 2.78 bits per heavy atom. The second-order valence-electron chi connectivity index (χ2n) is 3.81. The number of carbonyl (C=O) groups excluding carboxylic acids is 1. The molecule has 0 bridgehead atoms. The molecule has 0 aliphatic carbocycles. The zero-order valence-corrected chi connectivity index (χ0v) is 11.7. The minimum atomic E-state index is -0.543. The average Bonchev–Trinajstić information content (AvgIpc) is 2.35. The van der Waals surface area contributed by atoms with Gasteiger partial charge in [-0.1, -0.05) is 6.07 Å². The Bertz CT molecular complexity index is 625. The lowest BCUT2D eigenvalue weighted by molar-refractivity contribution is -0.139. The van der Waals surface area contributed by atoms with Crippen LogP contribution >= 0.6 is 22.6 Å². The van der Waals surface area contributed by atoms with Crippen molar-refractivity contribution in [3.8, 4) is 5.75 Å². The van der Waals surface area contributed by atoms with Crippen LogP contribution in [0.25, 0.3) is 10.8 Å². The van der Waals surface area contributed by atoms with Gasteiger partial charge in [-0.05, 0) is 40.8 Å². The SMILES string of the molecule is COC(=O)Cc1cc(O)c2cc(I)ccc2c1F. The molecule has 0 spiro atoms. The summed E-state index contributed by atoms with van der Waals surface area (Å²) in [5.74, 6) is -1.08. The molecule has 18 heavy (non-hydrogen) atoms. The molecule has 0 aliphatic rings. The van der Waals surface area contributed by atoms with Crippen LogP contribution in [0.2, 0.25) is 0 Å². The van der Waals surface area contributed by atoms with Gasteiger partial charge >= 0.3 is 5.97 Å². The Labute approximate surface area is 117 Å². The summed E-state index contributed by atoms with van der Waals surface area (Å²) in [5.41, 5.74) is 0.132. The monoisotopic (exact) mass is 360 g/mol. The number of phenolic OH excluding ortho intramolecular Hbond substituents is 1. The van der Waals surface area contributed by atoms with Crippen LogP contribution in [0.3, 0.4) is 0 Å². The number of aromatic hydroxyl groups is 1. The molecule has 0 unspecified atom stereocenters. The van der Waals surface area contributed by atoms with Crippen molar-refractivity contribution in [3.63, 3.8) is 0 Å². The molecule has 0 fully saturated rings. The fraction of sp³-hybridized carbons (Fsp3) is 0.154. The first-order valence-electron chi connectivity index (χ1n) is 5.19. The summed E-state index contributed by atoms with van der Waals surface area (Å²) in [6, 6.07) is 6.29. The molecule has 2 aromatic carbocycles. The highest BCUT2D eigenvalue weighted by Crippen LogP contribution is 2.31. The average molecular weight is 360 g/mol. The number of hydrogen-bond donors (Lipinski definition) is 1. The van der Waals surface area contributed by atoms with E-state index in [1.165, 1.54) is 13.2 Å². The minimum absolute atomic E-state index is 0.0381. The zero-order valence-electron chi connectivity index (χ0n) is 9.54. The standard InChI is InChI=1S/C13H10FIO3/c1-18-12(17)5-7-4-11(16)10-6-8(15)2-3-9(10)13(7)14/h2-4,6,16H,5H2,1H3. The van der Waals surface area contributed by atoms with Crippen LogP contribution in [0.4, 0.5) is 4.39 Å². The third-order valence-electron chi connectivity index (χ3n) is 2.65. The van der Waals surface area contributed by atoms with Gasteiger partial charge in [-0.15, -0.1) is 0 Å². The number of benzene rings is 2. The van der Waals surface area contributed by atoms with Crippen LogP contribution in [-0.2, 0) is 16.0 Å². The van der Waals surface area contributed by atoms with Crippen LogP contribution in [0.5, 0.6) is 5.75 Å². The highest BCUT2D eigenvalue weighted by atomic mass is 127. The molecule has 0 saturated carbocycles. The zero-order chi connectivity index (χ0) is 13.3. The molecule has 2 rings (SSSR count). The molecular formula is C13H10FIO3. The van der Waals surface area contributed by atoms with E-state index in [0.717, 1.165) is 3.57 Å². The molecule has 3 nitrogen and oxygen atoms in total. The van der Waals surface area contributed by atoms with Crippen LogP contribution in [-0.4, -0.2) is 18.2 Å². The number of esters is 1. The van der Waals surface area contributed by atoms with Crippen molar-refractivity contribution in [3.05, 3.63) is 39.2 Å². The first-order chi connectivity index (χ1) is 8.52. The van der Waals surface area contributed by atoms with E-state index in [0.29, 0.717) is 10.8 Å². The lowest BCUT2D eigenvalue weighted by Crippen LogP contribution is -2.06. The summed E-state index contributed by atoms with van der Waals surface area (Å²) < 4.78 is 19.5. The maximum absolute atomic E-state index is 14.2. The second kappa shape index (κ2) is 5.09. The predicted octanol–water partition coefficient (Wildman–Crippen LogP) is 3.00. The third kappa shape index (κ3) is 2.40. The van der Waals surface area contributed by atoms with Gasteiger partial charge in [0.25, 0.3) is 0 Å². The van der Waals surface area contributed by atoms with Gasteiger partial charge in [-0.3, -0.25) is 4.79 Å². The van der Waals surface area contributed by atoms with Gasteiger partial charge in [0.1, 0.15) is 11.6 Å². The second-order valence-corrected chi connectivity index (χ2v) is 5.06. The topological polar surface area (TPSA) is 46.5 Å². The first kappa shape index (κ1) is 13.1. The lowest BCUT2D eigenvalue weighted by atomic mass is 10.0. The largest absolute Gasteiger partial charge is 0.507 e. The molecule has 5 heteroatoms. The van der Waals surface area contributed by atoms with Gasteiger partial charge in [0.05, 0.1) is 13.5 Å². The molecule has 0 heterocycles. The number of rotatable bonds is 2. The molecule has 0 amide bonds. The van der Waals surface area contributed by atoms with Gasteiger partial charge in [-0.25, -0.2) is 4.39 Å². The van der Waals surface area contributed by atoms with Crippen molar-refractivity contribution in [2.75, 3.05) is 7.11 Å². The number of hydrogen-bond acceptors (Lipinski definition) is 3. The molecule has 0 radical (unpaired) electrons. The number of phenols is 1. The third-order valence-corrected chi connectivity index (χ3v) is 3.32.